The summed E-state index contributed by atoms with van der Waals surface area (Å²) in [4.78, 5) is 8.12. The zero-order valence-corrected chi connectivity index (χ0v) is 11.9. The number of nitrogens with zero attached hydrogens (tertiary/aromatic N) is 2. The summed E-state index contributed by atoms with van der Waals surface area (Å²) in [5, 5.41) is 2.11. The second-order valence-corrected chi connectivity index (χ2v) is 5.66. The molecule has 1 aromatic carbocycles. The van der Waals surface area contributed by atoms with Crippen LogP contribution in [0, 0.1) is 0 Å². The third kappa shape index (κ3) is 2.55. The molecule has 0 radical (unpaired) electrons. The van der Waals surface area contributed by atoms with Crippen LogP contribution in [0.2, 0.25) is 0 Å². The van der Waals surface area contributed by atoms with Gasteiger partial charge in [0.2, 0.25) is 5.89 Å². The van der Waals surface area contributed by atoms with Crippen molar-refractivity contribution in [3.8, 4) is 0 Å². The van der Waals surface area contributed by atoms with Crippen LogP contribution in [-0.4, -0.2) is 16.9 Å². The van der Waals surface area contributed by atoms with Crippen LogP contribution in [0.1, 0.15) is 23.7 Å². The molecular weight excluding hydrogens is 256 g/mol. The first-order chi connectivity index (χ1) is 9.24. The van der Waals surface area contributed by atoms with Gasteiger partial charge in [0, 0.05) is 10.9 Å². The predicted octanol–water partition coefficient (Wildman–Crippen LogP) is 4.08. The van der Waals surface area contributed by atoms with Crippen molar-refractivity contribution in [3.05, 3.63) is 52.5 Å². The van der Waals surface area contributed by atoms with Crippen molar-refractivity contribution >= 4 is 22.4 Å². The molecule has 3 aromatic rings. The molecule has 0 aliphatic rings. The fraction of sp³-hybridized carbons (Fsp3) is 0.267. The van der Waals surface area contributed by atoms with Crippen molar-refractivity contribution in [3.63, 3.8) is 0 Å². The van der Waals surface area contributed by atoms with Crippen LogP contribution in [-0.2, 0) is 6.54 Å². The number of oxazole rings is 1. The summed E-state index contributed by atoms with van der Waals surface area (Å²) in [7, 11) is 2.10. The molecule has 0 amide bonds. The number of benzene rings is 1. The monoisotopic (exact) mass is 272 g/mol. The average Bonchev–Trinajstić information content (AvgIpc) is 3.06. The summed E-state index contributed by atoms with van der Waals surface area (Å²) < 4.78 is 5.76. The number of rotatable bonds is 4. The van der Waals surface area contributed by atoms with E-state index in [0.717, 1.165) is 17.0 Å². The standard InChI is InChI=1S/C15H16N2OS/c1-11(14-8-5-9-19-14)17(2)10-15-16-12-6-3-4-7-13(12)18-15/h3-9,11H,10H2,1-2H3/t11-/m0/s1. The van der Waals surface area contributed by atoms with E-state index in [1.54, 1.807) is 11.3 Å². The number of fused-ring (bicyclic) bond motifs is 1. The molecule has 19 heavy (non-hydrogen) atoms. The highest BCUT2D eigenvalue weighted by Crippen LogP contribution is 2.25. The SMILES string of the molecule is C[C@@H](c1cccs1)N(C)Cc1nc2ccccc2o1. The van der Waals surface area contributed by atoms with Gasteiger partial charge in [0.15, 0.2) is 5.58 Å². The molecule has 0 N–H and O–H groups in total. The highest BCUT2D eigenvalue weighted by molar-refractivity contribution is 7.10. The van der Waals surface area contributed by atoms with Crippen LogP contribution >= 0.6 is 11.3 Å². The number of hydrogen-bond acceptors (Lipinski definition) is 4. The van der Waals surface area contributed by atoms with Gasteiger partial charge in [-0.2, -0.15) is 0 Å². The van der Waals surface area contributed by atoms with Crippen LogP contribution in [0.25, 0.3) is 11.1 Å². The van der Waals surface area contributed by atoms with Crippen LogP contribution in [0.4, 0.5) is 0 Å². The number of thiophene rings is 1. The Morgan fingerprint density at radius 2 is 2.11 bits per heavy atom. The first-order valence-electron chi connectivity index (χ1n) is 6.32. The minimum Gasteiger partial charge on any atom is -0.439 e. The second kappa shape index (κ2) is 5.15. The number of hydrogen-bond donors (Lipinski definition) is 0. The summed E-state index contributed by atoms with van der Waals surface area (Å²) in [5.74, 6) is 0.770. The second-order valence-electron chi connectivity index (χ2n) is 4.68. The first kappa shape index (κ1) is 12.4. The van der Waals surface area contributed by atoms with E-state index in [-0.39, 0.29) is 0 Å². The molecule has 0 aliphatic heterocycles. The van der Waals surface area contributed by atoms with Crippen molar-refractivity contribution in [2.24, 2.45) is 0 Å². The van der Waals surface area contributed by atoms with E-state index in [9.17, 15) is 0 Å². The fourth-order valence-corrected chi connectivity index (χ4v) is 2.93. The number of aromatic nitrogens is 1. The van der Waals surface area contributed by atoms with Gasteiger partial charge < -0.3 is 4.42 Å². The van der Waals surface area contributed by atoms with E-state index in [1.807, 2.05) is 24.3 Å². The van der Waals surface area contributed by atoms with Crippen molar-refractivity contribution in [2.75, 3.05) is 7.05 Å². The van der Waals surface area contributed by atoms with Gasteiger partial charge in [-0.15, -0.1) is 11.3 Å². The Morgan fingerprint density at radius 1 is 1.26 bits per heavy atom. The van der Waals surface area contributed by atoms with Gasteiger partial charge in [0.25, 0.3) is 0 Å². The maximum Gasteiger partial charge on any atom is 0.209 e. The average molecular weight is 272 g/mol. The first-order valence-corrected chi connectivity index (χ1v) is 7.20. The molecule has 2 heterocycles. The van der Waals surface area contributed by atoms with E-state index in [2.05, 4.69) is 41.4 Å². The molecule has 0 aliphatic carbocycles. The quantitative estimate of drug-likeness (QED) is 0.716. The fourth-order valence-electron chi connectivity index (χ4n) is 2.08. The molecule has 0 saturated carbocycles. The lowest BCUT2D eigenvalue weighted by Gasteiger charge is -2.21. The van der Waals surface area contributed by atoms with Gasteiger partial charge >= 0.3 is 0 Å². The van der Waals surface area contributed by atoms with Gasteiger partial charge in [-0.1, -0.05) is 18.2 Å². The Hall–Kier alpha value is -1.65. The molecule has 0 fully saturated rings. The smallest absolute Gasteiger partial charge is 0.209 e. The van der Waals surface area contributed by atoms with Crippen molar-refractivity contribution in [2.45, 2.75) is 19.5 Å². The van der Waals surface area contributed by atoms with Crippen molar-refractivity contribution in [1.82, 2.24) is 9.88 Å². The Bertz CT molecular complexity index is 627. The third-order valence-corrected chi connectivity index (χ3v) is 4.38. The maximum absolute atomic E-state index is 5.76. The third-order valence-electron chi connectivity index (χ3n) is 3.34. The summed E-state index contributed by atoms with van der Waals surface area (Å²) in [6, 6.07) is 12.5. The molecule has 0 spiro atoms. The Morgan fingerprint density at radius 3 is 2.84 bits per heavy atom. The largest absolute Gasteiger partial charge is 0.439 e. The highest BCUT2D eigenvalue weighted by atomic mass is 32.1. The molecule has 0 unspecified atom stereocenters. The normalized spacial score (nSPS) is 13.2. The van der Waals surface area contributed by atoms with E-state index in [4.69, 9.17) is 4.42 Å². The molecular formula is C15H16N2OS. The summed E-state index contributed by atoms with van der Waals surface area (Å²) >= 11 is 1.78. The lowest BCUT2D eigenvalue weighted by Crippen LogP contribution is -2.21. The highest BCUT2D eigenvalue weighted by Gasteiger charge is 2.15. The van der Waals surface area contributed by atoms with Gasteiger partial charge in [0.05, 0.1) is 6.54 Å². The Labute approximate surface area is 116 Å². The number of para-hydroxylation sites is 2. The molecule has 3 nitrogen and oxygen atoms in total. The Balaban J connectivity index is 1.77. The zero-order valence-electron chi connectivity index (χ0n) is 11.0. The van der Waals surface area contributed by atoms with Gasteiger partial charge in [-0.25, -0.2) is 4.98 Å². The Kier molecular flexibility index (Phi) is 3.36. The molecule has 4 heteroatoms. The van der Waals surface area contributed by atoms with Crippen LogP contribution in [0.3, 0.4) is 0 Å². The summed E-state index contributed by atoms with van der Waals surface area (Å²) in [6.07, 6.45) is 0. The minimum absolute atomic E-state index is 0.370. The summed E-state index contributed by atoms with van der Waals surface area (Å²) in [5.41, 5.74) is 1.78. The predicted molar refractivity (Wildman–Crippen MR) is 78.2 cm³/mol. The molecule has 0 saturated heterocycles. The van der Waals surface area contributed by atoms with E-state index in [1.165, 1.54) is 4.88 Å². The zero-order chi connectivity index (χ0) is 13.2. The van der Waals surface area contributed by atoms with Gasteiger partial charge in [0.1, 0.15) is 5.52 Å². The summed E-state index contributed by atoms with van der Waals surface area (Å²) in [6.45, 7) is 2.92. The molecule has 0 bridgehead atoms. The van der Waals surface area contributed by atoms with Gasteiger partial charge in [-0.05, 0) is 37.6 Å². The lowest BCUT2D eigenvalue weighted by atomic mass is 10.2. The van der Waals surface area contributed by atoms with Crippen molar-refractivity contribution in [1.29, 1.82) is 0 Å². The molecule has 3 rings (SSSR count). The van der Waals surface area contributed by atoms with Crippen molar-refractivity contribution < 1.29 is 4.42 Å². The van der Waals surface area contributed by atoms with E-state index >= 15 is 0 Å². The molecule has 2 aromatic heterocycles. The van der Waals surface area contributed by atoms with E-state index < -0.39 is 0 Å². The van der Waals surface area contributed by atoms with E-state index in [0.29, 0.717) is 12.6 Å². The van der Waals surface area contributed by atoms with Crippen LogP contribution in [0.5, 0.6) is 0 Å². The van der Waals surface area contributed by atoms with Crippen LogP contribution < -0.4 is 0 Å². The van der Waals surface area contributed by atoms with Gasteiger partial charge in [-0.3, -0.25) is 4.90 Å². The molecule has 1 atom stereocenters. The molecule has 98 valence electrons. The maximum atomic E-state index is 5.76. The topological polar surface area (TPSA) is 29.3 Å². The van der Waals surface area contributed by atoms with Crippen LogP contribution in [0.15, 0.2) is 46.2 Å². The lowest BCUT2D eigenvalue weighted by molar-refractivity contribution is 0.233. The minimum atomic E-state index is 0.370.